The third kappa shape index (κ3) is 2.03. The SMILES string of the molecule is Cc1cc(=O)oc2cc(-n3ccc(F)cc3=O)ccc12. The van der Waals surface area contributed by atoms with Crippen LogP contribution in [-0.4, -0.2) is 4.57 Å². The molecule has 2 heterocycles. The summed E-state index contributed by atoms with van der Waals surface area (Å²) in [4.78, 5) is 23.1. The Morgan fingerprint density at radius 2 is 1.90 bits per heavy atom. The summed E-state index contributed by atoms with van der Waals surface area (Å²) in [5.41, 5.74) is 0.771. The van der Waals surface area contributed by atoms with Crippen LogP contribution in [0.5, 0.6) is 0 Å². The molecule has 0 aliphatic heterocycles. The number of nitrogens with zero attached hydrogens (tertiary/aromatic N) is 1. The van der Waals surface area contributed by atoms with E-state index < -0.39 is 17.0 Å². The van der Waals surface area contributed by atoms with Crippen molar-refractivity contribution in [3.63, 3.8) is 0 Å². The van der Waals surface area contributed by atoms with Gasteiger partial charge in [-0.3, -0.25) is 9.36 Å². The quantitative estimate of drug-likeness (QED) is 0.638. The van der Waals surface area contributed by atoms with Gasteiger partial charge in [0.15, 0.2) is 0 Å². The number of hydrogen-bond acceptors (Lipinski definition) is 3. The van der Waals surface area contributed by atoms with Gasteiger partial charge in [0.05, 0.1) is 5.69 Å². The molecular formula is C15H10FNO3. The molecule has 100 valence electrons. The third-order valence-corrected chi connectivity index (χ3v) is 3.09. The second kappa shape index (κ2) is 4.45. The minimum Gasteiger partial charge on any atom is -0.423 e. The van der Waals surface area contributed by atoms with Gasteiger partial charge in [0.2, 0.25) is 0 Å². The molecular weight excluding hydrogens is 261 g/mol. The monoisotopic (exact) mass is 271 g/mol. The lowest BCUT2D eigenvalue weighted by atomic mass is 10.1. The van der Waals surface area contributed by atoms with Crippen molar-refractivity contribution < 1.29 is 8.81 Å². The van der Waals surface area contributed by atoms with Crippen LogP contribution in [0.25, 0.3) is 16.7 Å². The molecule has 0 saturated heterocycles. The summed E-state index contributed by atoms with van der Waals surface area (Å²) in [6.45, 7) is 1.81. The van der Waals surface area contributed by atoms with Gasteiger partial charge in [-0.2, -0.15) is 0 Å². The molecule has 0 aliphatic carbocycles. The molecule has 0 fully saturated rings. The summed E-state index contributed by atoms with van der Waals surface area (Å²) < 4.78 is 19.4. The minimum atomic E-state index is -0.589. The van der Waals surface area contributed by atoms with Gasteiger partial charge in [-0.05, 0) is 30.7 Å². The first-order valence-electron chi connectivity index (χ1n) is 5.98. The van der Waals surface area contributed by atoms with Gasteiger partial charge >= 0.3 is 5.63 Å². The van der Waals surface area contributed by atoms with Crippen LogP contribution in [0, 0.1) is 12.7 Å². The zero-order valence-electron chi connectivity index (χ0n) is 10.6. The largest absolute Gasteiger partial charge is 0.423 e. The molecule has 0 aliphatic rings. The zero-order chi connectivity index (χ0) is 14.3. The molecule has 0 amide bonds. The normalized spacial score (nSPS) is 10.9. The summed E-state index contributed by atoms with van der Waals surface area (Å²) in [5.74, 6) is -0.589. The third-order valence-electron chi connectivity index (χ3n) is 3.09. The van der Waals surface area contributed by atoms with E-state index in [-0.39, 0.29) is 0 Å². The molecule has 3 rings (SSSR count). The van der Waals surface area contributed by atoms with Crippen molar-refractivity contribution in [2.24, 2.45) is 0 Å². The van der Waals surface area contributed by atoms with Gasteiger partial charge < -0.3 is 4.42 Å². The number of fused-ring (bicyclic) bond motifs is 1. The van der Waals surface area contributed by atoms with Crippen LogP contribution < -0.4 is 11.2 Å². The van der Waals surface area contributed by atoms with Crippen molar-refractivity contribution in [1.29, 1.82) is 0 Å². The number of halogens is 1. The highest BCUT2D eigenvalue weighted by molar-refractivity contribution is 5.81. The summed E-state index contributed by atoms with van der Waals surface area (Å²) in [5, 5.41) is 0.795. The molecule has 0 radical (unpaired) electrons. The van der Waals surface area contributed by atoms with Crippen LogP contribution in [-0.2, 0) is 0 Å². The van der Waals surface area contributed by atoms with Crippen LogP contribution in [0.2, 0.25) is 0 Å². The molecule has 0 bridgehead atoms. The van der Waals surface area contributed by atoms with E-state index in [0.717, 1.165) is 17.0 Å². The minimum absolute atomic E-state index is 0.392. The van der Waals surface area contributed by atoms with E-state index in [9.17, 15) is 14.0 Å². The van der Waals surface area contributed by atoms with Gasteiger partial charge in [0.25, 0.3) is 5.56 Å². The van der Waals surface area contributed by atoms with Crippen molar-refractivity contribution in [1.82, 2.24) is 4.57 Å². The summed E-state index contributed by atoms with van der Waals surface area (Å²) in [7, 11) is 0. The molecule has 5 heteroatoms. The number of aromatic nitrogens is 1. The van der Waals surface area contributed by atoms with Crippen LogP contribution in [0.3, 0.4) is 0 Å². The Labute approximate surface area is 112 Å². The topological polar surface area (TPSA) is 52.2 Å². The van der Waals surface area contributed by atoms with Crippen molar-refractivity contribution in [2.45, 2.75) is 6.92 Å². The Morgan fingerprint density at radius 3 is 2.65 bits per heavy atom. The Bertz CT molecular complexity index is 924. The molecule has 2 aromatic heterocycles. The lowest BCUT2D eigenvalue weighted by molar-refractivity contribution is 0.559. The van der Waals surface area contributed by atoms with Gasteiger partial charge in [0, 0.05) is 29.8 Å². The van der Waals surface area contributed by atoms with Gasteiger partial charge in [-0.1, -0.05) is 0 Å². The average Bonchev–Trinajstić information content (AvgIpc) is 2.37. The Kier molecular flexibility index (Phi) is 2.75. The van der Waals surface area contributed by atoms with E-state index in [1.165, 1.54) is 22.9 Å². The van der Waals surface area contributed by atoms with Crippen molar-refractivity contribution in [3.8, 4) is 5.69 Å². The highest BCUT2D eigenvalue weighted by Gasteiger charge is 2.06. The van der Waals surface area contributed by atoms with Crippen LogP contribution in [0.1, 0.15) is 5.56 Å². The lowest BCUT2D eigenvalue weighted by Crippen LogP contribution is -2.16. The molecule has 0 atom stereocenters. The van der Waals surface area contributed by atoms with Gasteiger partial charge in [-0.15, -0.1) is 0 Å². The van der Waals surface area contributed by atoms with E-state index in [1.807, 2.05) is 6.92 Å². The molecule has 0 N–H and O–H groups in total. The van der Waals surface area contributed by atoms with E-state index in [4.69, 9.17) is 4.42 Å². The van der Waals surface area contributed by atoms with E-state index in [2.05, 4.69) is 0 Å². The summed E-state index contributed by atoms with van der Waals surface area (Å²) >= 11 is 0. The van der Waals surface area contributed by atoms with Gasteiger partial charge in [-0.25, -0.2) is 9.18 Å². The summed E-state index contributed by atoms with van der Waals surface area (Å²) in [6.07, 6.45) is 1.34. The zero-order valence-corrected chi connectivity index (χ0v) is 10.6. The second-order valence-electron chi connectivity index (χ2n) is 4.48. The molecule has 0 unspecified atom stereocenters. The van der Waals surface area contributed by atoms with Crippen molar-refractivity contribution in [2.75, 3.05) is 0 Å². The first-order chi connectivity index (χ1) is 9.54. The fourth-order valence-electron chi connectivity index (χ4n) is 2.13. The molecule has 4 nitrogen and oxygen atoms in total. The van der Waals surface area contributed by atoms with Crippen LogP contribution in [0.15, 0.2) is 56.6 Å². The molecule has 0 spiro atoms. The smallest absolute Gasteiger partial charge is 0.336 e. The van der Waals surface area contributed by atoms with Crippen LogP contribution >= 0.6 is 0 Å². The Morgan fingerprint density at radius 1 is 1.10 bits per heavy atom. The highest BCUT2D eigenvalue weighted by atomic mass is 19.1. The summed E-state index contributed by atoms with van der Waals surface area (Å²) in [6, 6.07) is 8.57. The Balaban J connectivity index is 2.28. The predicted octanol–water partition coefficient (Wildman–Crippen LogP) is 2.39. The lowest BCUT2D eigenvalue weighted by Gasteiger charge is -2.07. The second-order valence-corrected chi connectivity index (χ2v) is 4.48. The highest BCUT2D eigenvalue weighted by Crippen LogP contribution is 2.19. The first kappa shape index (κ1) is 12.3. The molecule has 1 aromatic carbocycles. The fourth-order valence-corrected chi connectivity index (χ4v) is 2.13. The molecule has 0 saturated carbocycles. The first-order valence-corrected chi connectivity index (χ1v) is 5.98. The standard InChI is InChI=1S/C15H10FNO3/c1-9-6-15(19)20-13-8-11(2-3-12(9)13)17-5-4-10(16)7-14(17)18/h2-8H,1H3. The van der Waals surface area contributed by atoms with Crippen molar-refractivity contribution in [3.05, 3.63) is 74.7 Å². The number of hydrogen-bond donors (Lipinski definition) is 0. The maximum absolute atomic E-state index is 12.9. The molecule has 3 aromatic rings. The van der Waals surface area contributed by atoms with E-state index in [1.54, 1.807) is 18.2 Å². The van der Waals surface area contributed by atoms with Gasteiger partial charge in [0.1, 0.15) is 11.4 Å². The number of benzene rings is 1. The van der Waals surface area contributed by atoms with Crippen molar-refractivity contribution >= 4 is 11.0 Å². The number of aryl methyl sites for hydroxylation is 1. The predicted molar refractivity (Wildman–Crippen MR) is 72.8 cm³/mol. The fraction of sp³-hybridized carbons (Fsp3) is 0.0667. The maximum Gasteiger partial charge on any atom is 0.336 e. The maximum atomic E-state index is 12.9. The number of rotatable bonds is 1. The molecule has 20 heavy (non-hydrogen) atoms. The Hall–Kier alpha value is -2.69. The number of pyridine rings is 1. The van der Waals surface area contributed by atoms with E-state index >= 15 is 0 Å². The van der Waals surface area contributed by atoms with E-state index in [0.29, 0.717) is 11.3 Å². The average molecular weight is 271 g/mol. The van der Waals surface area contributed by atoms with Crippen LogP contribution in [0.4, 0.5) is 4.39 Å².